The van der Waals surface area contributed by atoms with Gasteiger partial charge in [-0.1, -0.05) is 146 Å². The number of rotatable bonds is 5. The second-order valence-electron chi connectivity index (χ2n) is 14.9. The lowest BCUT2D eigenvalue weighted by atomic mass is 9.98. The molecule has 270 valence electrons. The first-order valence-corrected chi connectivity index (χ1v) is 19.5. The summed E-state index contributed by atoms with van der Waals surface area (Å²) in [5.74, 6) is 1.83. The normalized spacial score (nSPS) is 11.8. The summed E-state index contributed by atoms with van der Waals surface area (Å²) < 4.78 is 9.37. The van der Waals surface area contributed by atoms with Gasteiger partial charge in [0.25, 0.3) is 0 Å². The van der Waals surface area contributed by atoms with E-state index in [2.05, 4.69) is 138 Å². The van der Waals surface area contributed by atoms with Crippen LogP contribution in [-0.2, 0) is 0 Å². The molecule has 9 aromatic carbocycles. The van der Waals surface area contributed by atoms with Crippen LogP contribution in [0.5, 0.6) is 0 Å². The Morgan fingerprint density at radius 2 is 0.897 bits per heavy atom. The van der Waals surface area contributed by atoms with Gasteiger partial charge in [0.15, 0.2) is 17.5 Å². The average molecular weight is 741 g/mol. The highest BCUT2D eigenvalue weighted by Crippen LogP contribution is 2.43. The molecule has 58 heavy (non-hydrogen) atoms. The van der Waals surface area contributed by atoms with Crippen LogP contribution in [0.1, 0.15) is 0 Å². The lowest BCUT2D eigenvalue weighted by Crippen LogP contribution is -2.00. The molecule has 0 saturated heterocycles. The second-order valence-corrected chi connectivity index (χ2v) is 14.9. The van der Waals surface area contributed by atoms with Crippen LogP contribution in [0.2, 0.25) is 0 Å². The number of aromatic nitrogens is 4. The lowest BCUT2D eigenvalue weighted by Gasteiger charge is -2.13. The maximum atomic E-state index is 6.94. The van der Waals surface area contributed by atoms with Gasteiger partial charge in [-0.2, -0.15) is 0 Å². The molecular weight excluding hydrogens is 709 g/mol. The Kier molecular flexibility index (Phi) is 7.16. The molecule has 5 heteroatoms. The first-order valence-electron chi connectivity index (χ1n) is 19.5. The van der Waals surface area contributed by atoms with Crippen LogP contribution in [-0.4, -0.2) is 19.5 Å². The number of para-hydroxylation sites is 1. The van der Waals surface area contributed by atoms with Crippen molar-refractivity contribution in [1.29, 1.82) is 0 Å². The van der Waals surface area contributed by atoms with Crippen LogP contribution >= 0.6 is 0 Å². The van der Waals surface area contributed by atoms with Gasteiger partial charge in [-0.25, -0.2) is 15.0 Å². The summed E-state index contributed by atoms with van der Waals surface area (Å²) in [5.41, 5.74) is 9.84. The van der Waals surface area contributed by atoms with Gasteiger partial charge >= 0.3 is 0 Å². The SMILES string of the molecule is c1ccc(-c2nc(-c3ccccc3)nc(-c3ccc4c(c3)oc3cc(-c5ccc6ccccc6c5)cc(-n5c6ccccc6c6cc7ccccc7cc65)c34)n2)cc1. The summed E-state index contributed by atoms with van der Waals surface area (Å²) in [5, 5.41) is 9.32. The van der Waals surface area contributed by atoms with Crippen LogP contribution in [0.15, 0.2) is 199 Å². The Labute approximate surface area is 333 Å². The summed E-state index contributed by atoms with van der Waals surface area (Å²) >= 11 is 0. The van der Waals surface area contributed by atoms with Crippen LogP contribution < -0.4 is 0 Å². The van der Waals surface area contributed by atoms with E-state index < -0.39 is 0 Å². The van der Waals surface area contributed by atoms with E-state index in [1.54, 1.807) is 0 Å². The van der Waals surface area contributed by atoms with Crippen molar-refractivity contribution >= 4 is 65.3 Å². The van der Waals surface area contributed by atoms with Gasteiger partial charge in [0.1, 0.15) is 11.2 Å². The topological polar surface area (TPSA) is 56.7 Å². The van der Waals surface area contributed by atoms with E-state index in [9.17, 15) is 0 Å². The monoisotopic (exact) mass is 740 g/mol. The molecule has 3 aromatic heterocycles. The van der Waals surface area contributed by atoms with Crippen molar-refractivity contribution in [3.63, 3.8) is 0 Å². The standard InChI is InChI=1S/C53H32N4O/c1-3-14-34(15-4-1)51-54-52(35-16-5-2-6-17-35)56-53(55-51)40-25-26-43-48(31-40)58-49-32-41(39-24-23-33-13-7-8-18-36(33)27-39)30-47(50(43)49)57-45-22-12-11-21-42(45)44-28-37-19-9-10-20-38(37)29-46(44)57/h1-32H. The summed E-state index contributed by atoms with van der Waals surface area (Å²) in [6.07, 6.45) is 0. The lowest BCUT2D eigenvalue weighted by molar-refractivity contribution is 0.669. The van der Waals surface area contributed by atoms with Crippen LogP contribution in [0.3, 0.4) is 0 Å². The van der Waals surface area contributed by atoms with Gasteiger partial charge in [-0.05, 0) is 81.2 Å². The van der Waals surface area contributed by atoms with Gasteiger partial charge in [0.05, 0.1) is 22.1 Å². The van der Waals surface area contributed by atoms with Crippen LogP contribution in [0.25, 0.3) is 116 Å². The average Bonchev–Trinajstić information content (AvgIpc) is 3.83. The van der Waals surface area contributed by atoms with E-state index in [0.717, 1.165) is 66.5 Å². The minimum atomic E-state index is 0.585. The Bertz CT molecular complexity index is 3510. The fraction of sp³-hybridized carbons (Fsp3) is 0. The molecule has 0 aliphatic carbocycles. The number of hydrogen-bond acceptors (Lipinski definition) is 4. The molecule has 0 atom stereocenters. The number of hydrogen-bond donors (Lipinski definition) is 0. The van der Waals surface area contributed by atoms with Crippen molar-refractivity contribution in [3.05, 3.63) is 194 Å². The molecule has 0 bridgehead atoms. The third-order valence-corrected chi connectivity index (χ3v) is 11.4. The highest BCUT2D eigenvalue weighted by atomic mass is 16.3. The Morgan fingerprint density at radius 3 is 1.62 bits per heavy atom. The van der Waals surface area contributed by atoms with Crippen molar-refractivity contribution in [2.45, 2.75) is 0 Å². The van der Waals surface area contributed by atoms with Gasteiger partial charge in [0, 0.05) is 32.8 Å². The molecule has 0 aliphatic rings. The molecule has 5 nitrogen and oxygen atoms in total. The summed E-state index contributed by atoms with van der Waals surface area (Å²) in [4.78, 5) is 15.0. The highest BCUT2D eigenvalue weighted by Gasteiger charge is 2.21. The van der Waals surface area contributed by atoms with Crippen molar-refractivity contribution in [2.75, 3.05) is 0 Å². The van der Waals surface area contributed by atoms with Gasteiger partial charge in [-0.3, -0.25) is 0 Å². The third-order valence-electron chi connectivity index (χ3n) is 11.4. The predicted molar refractivity (Wildman–Crippen MR) is 238 cm³/mol. The summed E-state index contributed by atoms with van der Waals surface area (Å²) in [6, 6.07) is 68.2. The van der Waals surface area contributed by atoms with Crippen molar-refractivity contribution in [3.8, 4) is 51.0 Å². The molecular formula is C53H32N4O. The zero-order chi connectivity index (χ0) is 38.2. The van der Waals surface area contributed by atoms with Gasteiger partial charge in [-0.15, -0.1) is 0 Å². The van der Waals surface area contributed by atoms with Gasteiger partial charge in [0.2, 0.25) is 0 Å². The van der Waals surface area contributed by atoms with E-state index >= 15 is 0 Å². The molecule has 3 heterocycles. The minimum absolute atomic E-state index is 0.585. The fourth-order valence-corrected chi connectivity index (χ4v) is 8.59. The zero-order valence-corrected chi connectivity index (χ0v) is 31.2. The minimum Gasteiger partial charge on any atom is -0.456 e. The molecule has 0 saturated carbocycles. The van der Waals surface area contributed by atoms with E-state index in [4.69, 9.17) is 19.4 Å². The Morgan fingerprint density at radius 1 is 0.328 bits per heavy atom. The molecule has 0 amide bonds. The van der Waals surface area contributed by atoms with E-state index in [1.807, 2.05) is 60.7 Å². The molecule has 12 aromatic rings. The first kappa shape index (κ1) is 32.4. The quantitative estimate of drug-likeness (QED) is 0.176. The number of nitrogens with zero attached hydrogens (tertiary/aromatic N) is 4. The number of benzene rings is 9. The number of fused-ring (bicyclic) bond motifs is 8. The summed E-state index contributed by atoms with van der Waals surface area (Å²) in [7, 11) is 0. The third kappa shape index (κ3) is 5.21. The maximum Gasteiger partial charge on any atom is 0.164 e. The fourth-order valence-electron chi connectivity index (χ4n) is 8.59. The molecule has 0 radical (unpaired) electrons. The smallest absolute Gasteiger partial charge is 0.164 e. The second kappa shape index (κ2) is 12.8. The molecule has 0 N–H and O–H groups in total. The maximum absolute atomic E-state index is 6.94. The van der Waals surface area contributed by atoms with Crippen LogP contribution in [0, 0.1) is 0 Å². The zero-order valence-electron chi connectivity index (χ0n) is 31.2. The van der Waals surface area contributed by atoms with E-state index in [1.165, 1.54) is 32.3 Å². The molecule has 0 fully saturated rings. The largest absolute Gasteiger partial charge is 0.456 e. The van der Waals surface area contributed by atoms with Crippen molar-refractivity contribution in [2.24, 2.45) is 0 Å². The molecule has 0 unspecified atom stereocenters. The van der Waals surface area contributed by atoms with E-state index in [0.29, 0.717) is 17.5 Å². The molecule has 12 rings (SSSR count). The molecule has 0 spiro atoms. The Balaban J connectivity index is 1.13. The van der Waals surface area contributed by atoms with E-state index in [-0.39, 0.29) is 0 Å². The number of furan rings is 1. The van der Waals surface area contributed by atoms with Crippen LogP contribution in [0.4, 0.5) is 0 Å². The van der Waals surface area contributed by atoms with Crippen molar-refractivity contribution < 1.29 is 4.42 Å². The summed E-state index contributed by atoms with van der Waals surface area (Å²) in [6.45, 7) is 0. The van der Waals surface area contributed by atoms with Crippen molar-refractivity contribution in [1.82, 2.24) is 19.5 Å². The predicted octanol–water partition coefficient (Wildman–Crippen LogP) is 13.8. The first-order chi connectivity index (χ1) is 28.7. The Hall–Kier alpha value is -7.89. The van der Waals surface area contributed by atoms with Gasteiger partial charge < -0.3 is 8.98 Å². The highest BCUT2D eigenvalue weighted by molar-refractivity contribution is 6.17. The molecule has 0 aliphatic heterocycles.